The number of hydrogen-bond acceptors (Lipinski definition) is 4. The number of hydrogen-bond donors (Lipinski definition) is 3. The van der Waals surface area contributed by atoms with E-state index >= 15 is 0 Å². The number of benzene rings is 2. The van der Waals surface area contributed by atoms with Crippen LogP contribution in [-0.4, -0.2) is 22.0 Å². The molecule has 2 aromatic carbocycles. The summed E-state index contributed by atoms with van der Waals surface area (Å²) in [4.78, 5) is 25.1. The molecule has 2 aromatic heterocycles. The first-order chi connectivity index (χ1) is 15.0. The maximum atomic E-state index is 12.8. The largest absolute Gasteiger partial charge is 0.321 e. The average molecular weight is 431 g/mol. The van der Waals surface area contributed by atoms with Crippen LogP contribution in [-0.2, 0) is 4.79 Å². The third-order valence-corrected chi connectivity index (χ3v) is 5.73. The van der Waals surface area contributed by atoms with Crippen molar-refractivity contribution < 1.29 is 9.59 Å². The highest BCUT2D eigenvalue weighted by Crippen LogP contribution is 2.25. The van der Waals surface area contributed by atoms with Gasteiger partial charge in [-0.3, -0.25) is 14.7 Å². The van der Waals surface area contributed by atoms with Crippen molar-refractivity contribution in [1.29, 1.82) is 0 Å². The normalized spacial score (nSPS) is 11.3. The van der Waals surface area contributed by atoms with Crippen LogP contribution in [0.2, 0.25) is 0 Å². The van der Waals surface area contributed by atoms with Gasteiger partial charge < -0.3 is 10.6 Å². The van der Waals surface area contributed by atoms with E-state index in [-0.39, 0.29) is 17.7 Å². The number of aromatic nitrogens is 2. The second kappa shape index (κ2) is 8.97. The first kappa shape index (κ1) is 20.6. The Balaban J connectivity index is 1.51. The Labute approximate surface area is 184 Å². The highest BCUT2D eigenvalue weighted by Gasteiger charge is 2.13. The van der Waals surface area contributed by atoms with Crippen molar-refractivity contribution in [3.63, 3.8) is 0 Å². The molecule has 0 bridgehead atoms. The molecule has 31 heavy (non-hydrogen) atoms. The van der Waals surface area contributed by atoms with Gasteiger partial charge in [0.25, 0.3) is 5.91 Å². The number of fused-ring (bicyclic) bond motifs is 1. The first-order valence-corrected chi connectivity index (χ1v) is 10.7. The lowest BCUT2D eigenvalue weighted by molar-refractivity contribution is -0.118. The number of H-pyrrole nitrogens is 1. The fraction of sp³-hybridized carbons (Fsp3) is 0.125. The summed E-state index contributed by atoms with van der Waals surface area (Å²) in [6.45, 7) is 3.65. The molecule has 0 radical (unpaired) electrons. The lowest BCUT2D eigenvalue weighted by atomic mass is 10.1. The summed E-state index contributed by atoms with van der Waals surface area (Å²) in [7, 11) is 0. The predicted octanol–water partition coefficient (Wildman–Crippen LogP) is 5.64. The monoisotopic (exact) mass is 430 g/mol. The van der Waals surface area contributed by atoms with Crippen molar-refractivity contribution in [3.05, 3.63) is 76.8 Å². The first-order valence-electron chi connectivity index (χ1n) is 9.93. The molecule has 0 saturated carbocycles. The van der Waals surface area contributed by atoms with Crippen LogP contribution in [0.4, 0.5) is 10.7 Å². The van der Waals surface area contributed by atoms with Crippen LogP contribution in [0.3, 0.4) is 0 Å². The Morgan fingerprint density at radius 1 is 0.968 bits per heavy atom. The summed E-state index contributed by atoms with van der Waals surface area (Å²) in [5.74, 6) is -0.416. The fourth-order valence-corrected chi connectivity index (χ4v) is 3.82. The molecule has 0 unspecified atom stereocenters. The van der Waals surface area contributed by atoms with Gasteiger partial charge in [0.15, 0.2) is 0 Å². The van der Waals surface area contributed by atoms with E-state index in [1.165, 1.54) is 11.3 Å². The van der Waals surface area contributed by atoms with Crippen LogP contribution in [0.1, 0.15) is 34.8 Å². The lowest BCUT2D eigenvalue weighted by Gasteiger charge is -2.07. The summed E-state index contributed by atoms with van der Waals surface area (Å²) in [6, 6.07) is 19.0. The number of amides is 2. The van der Waals surface area contributed by atoms with Crippen molar-refractivity contribution in [2.45, 2.75) is 13.8 Å². The number of rotatable bonds is 6. The third kappa shape index (κ3) is 4.73. The second-order valence-corrected chi connectivity index (χ2v) is 8.42. The number of carbonyl (C=O) groups excluding carboxylic acids is 2. The van der Waals surface area contributed by atoms with E-state index in [1.807, 2.05) is 74.5 Å². The molecule has 4 rings (SSSR count). The Morgan fingerprint density at radius 2 is 1.74 bits per heavy atom. The van der Waals surface area contributed by atoms with Crippen molar-refractivity contribution in [2.75, 3.05) is 10.6 Å². The fourth-order valence-electron chi connectivity index (χ4n) is 3.01. The standard InChI is InChI=1S/C24H22N4O2S/c1-15(2)23(29)26-22-14-13-21(31-22)24(30)25-18-9-5-3-7-16(18)11-12-20-17-8-4-6-10-19(17)27-28-20/h3-15H,1-2H3,(H,25,30)(H,26,29)(H,27,28). The zero-order valence-electron chi connectivity index (χ0n) is 17.2. The summed E-state index contributed by atoms with van der Waals surface area (Å²) in [5, 5.41) is 14.8. The average Bonchev–Trinajstić information content (AvgIpc) is 3.40. The number of nitrogens with zero attached hydrogens (tertiary/aromatic N) is 1. The quantitative estimate of drug-likeness (QED) is 0.370. The molecule has 0 aliphatic heterocycles. The van der Waals surface area contributed by atoms with Crippen LogP contribution in [0.15, 0.2) is 60.7 Å². The summed E-state index contributed by atoms with van der Waals surface area (Å²) < 4.78 is 0. The van der Waals surface area contributed by atoms with Crippen molar-refractivity contribution >= 4 is 56.9 Å². The molecule has 0 aliphatic carbocycles. The van der Waals surface area contributed by atoms with E-state index in [9.17, 15) is 9.59 Å². The van der Waals surface area contributed by atoms with Crippen molar-refractivity contribution in [3.8, 4) is 0 Å². The topological polar surface area (TPSA) is 86.9 Å². The smallest absolute Gasteiger partial charge is 0.265 e. The van der Waals surface area contributed by atoms with Gasteiger partial charge in [0.2, 0.25) is 5.91 Å². The molecule has 2 amide bonds. The Hall–Kier alpha value is -3.71. The van der Waals surface area contributed by atoms with Gasteiger partial charge in [-0.1, -0.05) is 56.3 Å². The maximum absolute atomic E-state index is 12.8. The Kier molecular flexibility index (Phi) is 5.95. The van der Waals surface area contributed by atoms with E-state index in [0.29, 0.717) is 15.6 Å². The number of nitrogens with one attached hydrogen (secondary N) is 3. The number of aromatic amines is 1. The van der Waals surface area contributed by atoms with Crippen LogP contribution in [0, 0.1) is 5.92 Å². The van der Waals surface area contributed by atoms with E-state index < -0.39 is 0 Å². The minimum Gasteiger partial charge on any atom is -0.321 e. The SMILES string of the molecule is CC(C)C(=O)Nc1ccc(C(=O)Nc2ccccc2C=Cc2n[nH]c3ccccc23)s1. The minimum absolute atomic E-state index is 0.0739. The molecule has 0 saturated heterocycles. The molecule has 0 atom stereocenters. The van der Waals surface area contributed by atoms with Crippen LogP contribution in [0.25, 0.3) is 23.1 Å². The van der Waals surface area contributed by atoms with E-state index in [2.05, 4.69) is 20.8 Å². The molecule has 3 N–H and O–H groups in total. The van der Waals surface area contributed by atoms with Gasteiger partial charge in [0.1, 0.15) is 0 Å². The van der Waals surface area contributed by atoms with Gasteiger partial charge in [0, 0.05) is 17.0 Å². The Bertz CT molecular complexity index is 1270. The molecule has 4 aromatic rings. The van der Waals surface area contributed by atoms with Crippen LogP contribution in [0.5, 0.6) is 0 Å². The summed E-state index contributed by atoms with van der Waals surface area (Å²) >= 11 is 1.25. The molecular formula is C24H22N4O2S. The van der Waals surface area contributed by atoms with E-state index in [1.54, 1.807) is 12.1 Å². The zero-order chi connectivity index (χ0) is 21.8. The van der Waals surface area contributed by atoms with Crippen molar-refractivity contribution in [2.24, 2.45) is 5.92 Å². The second-order valence-electron chi connectivity index (χ2n) is 7.34. The minimum atomic E-state index is -0.221. The predicted molar refractivity (Wildman–Crippen MR) is 127 cm³/mol. The number of thiophene rings is 1. The molecule has 7 heteroatoms. The van der Waals surface area contributed by atoms with E-state index in [4.69, 9.17) is 0 Å². The van der Waals surface area contributed by atoms with Gasteiger partial charge in [0.05, 0.1) is 21.1 Å². The molecule has 156 valence electrons. The van der Waals surface area contributed by atoms with Gasteiger partial charge in [-0.25, -0.2) is 0 Å². The molecular weight excluding hydrogens is 408 g/mol. The summed E-state index contributed by atoms with van der Waals surface area (Å²) in [6.07, 6.45) is 3.86. The molecule has 0 fully saturated rings. The number of carbonyl (C=O) groups is 2. The van der Waals surface area contributed by atoms with Crippen molar-refractivity contribution in [1.82, 2.24) is 10.2 Å². The van der Waals surface area contributed by atoms with Gasteiger partial charge >= 0.3 is 0 Å². The number of anilines is 2. The molecule has 2 heterocycles. The zero-order valence-corrected chi connectivity index (χ0v) is 18.0. The lowest BCUT2D eigenvalue weighted by Crippen LogP contribution is -2.16. The molecule has 6 nitrogen and oxygen atoms in total. The van der Waals surface area contributed by atoms with Crippen LogP contribution < -0.4 is 10.6 Å². The summed E-state index contributed by atoms with van der Waals surface area (Å²) in [5.41, 5.74) is 3.37. The maximum Gasteiger partial charge on any atom is 0.265 e. The highest BCUT2D eigenvalue weighted by molar-refractivity contribution is 7.18. The Morgan fingerprint density at radius 3 is 2.58 bits per heavy atom. The van der Waals surface area contributed by atoms with Gasteiger partial charge in [-0.2, -0.15) is 5.10 Å². The van der Waals surface area contributed by atoms with Gasteiger partial charge in [-0.05, 0) is 35.9 Å². The molecule has 0 spiro atoms. The molecule has 0 aliphatic rings. The van der Waals surface area contributed by atoms with Gasteiger partial charge in [-0.15, -0.1) is 11.3 Å². The van der Waals surface area contributed by atoms with E-state index in [0.717, 1.165) is 22.2 Å². The number of para-hydroxylation sites is 2. The van der Waals surface area contributed by atoms with Crippen LogP contribution >= 0.6 is 11.3 Å². The third-order valence-electron chi connectivity index (χ3n) is 4.73. The highest BCUT2D eigenvalue weighted by atomic mass is 32.1.